The second kappa shape index (κ2) is 12.4. The maximum Gasteiger partial charge on any atom is 0.343 e. The summed E-state index contributed by atoms with van der Waals surface area (Å²) in [6.07, 6.45) is 5.37. The van der Waals surface area contributed by atoms with Gasteiger partial charge in [0.1, 0.15) is 5.75 Å². The molecule has 0 spiro atoms. The third kappa shape index (κ3) is 6.69. The number of hydrogen-bond acceptors (Lipinski definition) is 3. The van der Waals surface area contributed by atoms with E-state index in [-0.39, 0.29) is 12.0 Å². The maximum absolute atomic E-state index is 12.8. The van der Waals surface area contributed by atoms with Crippen LogP contribution in [0.25, 0.3) is 21.9 Å². The highest BCUT2D eigenvalue weighted by atomic mass is 16.5. The lowest BCUT2D eigenvalue weighted by Crippen LogP contribution is -2.08. The molecular formula is C36H33NO2. The molecule has 0 saturated heterocycles. The summed E-state index contributed by atoms with van der Waals surface area (Å²) in [4.78, 5) is 17.5. The fourth-order valence-corrected chi connectivity index (χ4v) is 4.62. The normalized spacial score (nSPS) is 12.1. The van der Waals surface area contributed by atoms with Gasteiger partial charge in [-0.3, -0.25) is 4.99 Å². The molecule has 0 aromatic heterocycles. The zero-order chi connectivity index (χ0) is 27.0. The number of aliphatic imine (C=N–C) groups is 1. The van der Waals surface area contributed by atoms with Crippen LogP contribution < -0.4 is 4.74 Å². The number of benzene rings is 5. The van der Waals surface area contributed by atoms with Crippen molar-refractivity contribution in [1.29, 1.82) is 0 Å². The van der Waals surface area contributed by atoms with Crippen molar-refractivity contribution in [1.82, 2.24) is 0 Å². The van der Waals surface area contributed by atoms with E-state index in [9.17, 15) is 4.79 Å². The van der Waals surface area contributed by atoms with Crippen LogP contribution in [0, 0.1) is 0 Å². The number of ether oxygens (including phenoxy) is 1. The smallest absolute Gasteiger partial charge is 0.343 e. The molecule has 0 bridgehead atoms. The van der Waals surface area contributed by atoms with Crippen LogP contribution in [0.5, 0.6) is 5.75 Å². The average Bonchev–Trinajstić information content (AvgIpc) is 2.99. The van der Waals surface area contributed by atoms with Gasteiger partial charge in [-0.05, 0) is 82.6 Å². The van der Waals surface area contributed by atoms with Gasteiger partial charge in [-0.25, -0.2) is 4.79 Å². The molecule has 0 aliphatic rings. The molecule has 0 radical (unpaired) electrons. The number of fused-ring (bicyclic) bond motifs is 1. The minimum atomic E-state index is -0.354. The van der Waals surface area contributed by atoms with Gasteiger partial charge < -0.3 is 4.74 Å². The Hall–Kier alpha value is -4.50. The summed E-state index contributed by atoms with van der Waals surface area (Å²) in [5, 5.41) is 2.19. The molecule has 0 saturated carbocycles. The van der Waals surface area contributed by atoms with E-state index in [1.54, 1.807) is 0 Å². The van der Waals surface area contributed by atoms with E-state index in [4.69, 9.17) is 4.74 Å². The maximum atomic E-state index is 12.8. The van der Waals surface area contributed by atoms with E-state index in [0.29, 0.717) is 11.3 Å². The van der Waals surface area contributed by atoms with E-state index < -0.39 is 0 Å². The highest BCUT2D eigenvalue weighted by molar-refractivity contribution is 5.96. The third-order valence-electron chi connectivity index (χ3n) is 7.00. The fraction of sp³-hybridized carbons (Fsp3) is 0.167. The molecule has 0 aliphatic heterocycles. The lowest BCUT2D eigenvalue weighted by atomic mass is 10.0. The Morgan fingerprint density at radius 1 is 0.795 bits per heavy atom. The van der Waals surface area contributed by atoms with Crippen LogP contribution in [0.1, 0.15) is 59.8 Å². The molecule has 0 unspecified atom stereocenters. The van der Waals surface area contributed by atoms with Gasteiger partial charge >= 0.3 is 5.97 Å². The zero-order valence-corrected chi connectivity index (χ0v) is 22.5. The number of hydrogen-bond donors (Lipinski definition) is 0. The van der Waals surface area contributed by atoms with Crippen molar-refractivity contribution >= 4 is 23.0 Å². The van der Waals surface area contributed by atoms with E-state index in [1.807, 2.05) is 66.9 Å². The molecular weight excluding hydrogens is 478 g/mol. The molecule has 3 heteroatoms. The van der Waals surface area contributed by atoms with Gasteiger partial charge in [-0.2, -0.15) is 0 Å². The number of aryl methyl sites for hydroxylation is 1. The third-order valence-corrected chi connectivity index (χ3v) is 7.00. The second-order valence-electron chi connectivity index (χ2n) is 9.90. The molecule has 5 aromatic carbocycles. The Balaban J connectivity index is 1.21. The summed E-state index contributed by atoms with van der Waals surface area (Å²) >= 11 is 0. The molecule has 5 rings (SSSR count). The highest BCUT2D eigenvalue weighted by Crippen LogP contribution is 2.25. The zero-order valence-electron chi connectivity index (χ0n) is 22.5. The first kappa shape index (κ1) is 26.1. The van der Waals surface area contributed by atoms with Crippen molar-refractivity contribution in [2.45, 2.75) is 39.2 Å². The average molecular weight is 512 g/mol. The lowest BCUT2D eigenvalue weighted by Gasteiger charge is -2.08. The van der Waals surface area contributed by atoms with Crippen LogP contribution in [0.4, 0.5) is 0 Å². The Morgan fingerprint density at radius 3 is 2.18 bits per heavy atom. The number of esters is 1. The summed E-state index contributed by atoms with van der Waals surface area (Å²) in [7, 11) is 0. The first-order valence-electron chi connectivity index (χ1n) is 13.6. The number of carbonyl (C=O) groups is 1. The number of rotatable bonds is 9. The van der Waals surface area contributed by atoms with E-state index >= 15 is 0 Å². The predicted molar refractivity (Wildman–Crippen MR) is 162 cm³/mol. The lowest BCUT2D eigenvalue weighted by molar-refractivity contribution is 0.0735. The molecule has 194 valence electrons. The van der Waals surface area contributed by atoms with E-state index in [2.05, 4.69) is 73.4 Å². The topological polar surface area (TPSA) is 38.7 Å². The second-order valence-corrected chi connectivity index (χ2v) is 9.90. The van der Waals surface area contributed by atoms with Crippen LogP contribution in [0.3, 0.4) is 0 Å². The van der Waals surface area contributed by atoms with Crippen molar-refractivity contribution in [3.05, 3.63) is 138 Å². The van der Waals surface area contributed by atoms with Crippen molar-refractivity contribution < 1.29 is 9.53 Å². The fourth-order valence-electron chi connectivity index (χ4n) is 4.62. The van der Waals surface area contributed by atoms with Crippen LogP contribution in [-0.2, 0) is 6.42 Å². The van der Waals surface area contributed by atoms with E-state index in [1.165, 1.54) is 24.0 Å². The van der Waals surface area contributed by atoms with Crippen molar-refractivity contribution in [3.8, 4) is 16.9 Å². The molecule has 0 N–H and O–H groups in total. The molecule has 1 atom stereocenters. The molecule has 39 heavy (non-hydrogen) atoms. The Labute approximate surface area is 230 Å². The van der Waals surface area contributed by atoms with Crippen molar-refractivity contribution in [2.75, 3.05) is 0 Å². The molecule has 0 amide bonds. The van der Waals surface area contributed by atoms with Gasteiger partial charge in [0.15, 0.2) is 0 Å². The summed E-state index contributed by atoms with van der Waals surface area (Å²) < 4.78 is 5.67. The van der Waals surface area contributed by atoms with Crippen LogP contribution >= 0.6 is 0 Å². The minimum absolute atomic E-state index is 0.110. The van der Waals surface area contributed by atoms with Gasteiger partial charge in [0, 0.05) is 6.21 Å². The molecule has 0 fully saturated rings. The van der Waals surface area contributed by atoms with Crippen LogP contribution in [-0.4, -0.2) is 12.2 Å². The Bertz CT molecular complexity index is 1570. The summed E-state index contributed by atoms with van der Waals surface area (Å²) in [6.45, 7) is 4.30. The predicted octanol–water partition coefficient (Wildman–Crippen LogP) is 9.25. The van der Waals surface area contributed by atoms with Gasteiger partial charge in [-0.15, -0.1) is 0 Å². The molecule has 0 heterocycles. The first-order valence-corrected chi connectivity index (χ1v) is 13.6. The number of unbranched alkanes of at least 4 members (excludes halogenated alkanes) is 1. The standard InChI is InChI=1S/C36H33NO2/c1-3-4-8-27-11-16-33-24-34(18-17-32(33)23-27)36(38)39-35-21-19-31(20-22-35)30-14-12-28(13-15-30)25-37-26(2)29-9-6-5-7-10-29/h5-7,9-26H,3-4,8H2,1-2H3/t26-/m1/s1. The van der Waals surface area contributed by atoms with Crippen molar-refractivity contribution in [2.24, 2.45) is 4.99 Å². The Morgan fingerprint density at radius 2 is 1.46 bits per heavy atom. The largest absolute Gasteiger partial charge is 0.423 e. The Kier molecular flexibility index (Phi) is 8.28. The van der Waals surface area contributed by atoms with Gasteiger partial charge in [0.2, 0.25) is 0 Å². The number of nitrogens with zero attached hydrogens (tertiary/aromatic N) is 1. The van der Waals surface area contributed by atoms with Crippen LogP contribution in [0.15, 0.2) is 120 Å². The SMILES string of the molecule is CCCCc1ccc2cc(C(=O)Oc3ccc(-c4ccc(C=N[C@H](C)c5ccccc5)cc4)cc3)ccc2c1. The summed E-state index contributed by atoms with van der Waals surface area (Å²) in [6, 6.07) is 38.5. The van der Waals surface area contributed by atoms with Gasteiger partial charge in [0.25, 0.3) is 0 Å². The monoisotopic (exact) mass is 511 g/mol. The van der Waals surface area contributed by atoms with Gasteiger partial charge in [0.05, 0.1) is 11.6 Å². The van der Waals surface area contributed by atoms with Crippen LogP contribution in [0.2, 0.25) is 0 Å². The van der Waals surface area contributed by atoms with Gasteiger partial charge in [-0.1, -0.05) is 104 Å². The number of carbonyl (C=O) groups excluding carboxylic acids is 1. The molecule has 5 aromatic rings. The van der Waals surface area contributed by atoms with Crippen molar-refractivity contribution in [3.63, 3.8) is 0 Å². The van der Waals surface area contributed by atoms with E-state index in [0.717, 1.165) is 33.9 Å². The highest BCUT2D eigenvalue weighted by Gasteiger charge is 2.10. The summed E-state index contributed by atoms with van der Waals surface area (Å²) in [5.41, 5.74) is 6.28. The molecule has 0 aliphatic carbocycles. The quantitative estimate of drug-likeness (QED) is 0.112. The minimum Gasteiger partial charge on any atom is -0.423 e. The summed E-state index contributed by atoms with van der Waals surface area (Å²) in [5.74, 6) is 0.172. The first-order chi connectivity index (χ1) is 19.1. The molecule has 3 nitrogen and oxygen atoms in total.